The number of fused-ring (bicyclic) bond motifs is 1. The minimum atomic E-state index is -0.704. The van der Waals surface area contributed by atoms with Crippen molar-refractivity contribution >= 4 is 17.3 Å². The van der Waals surface area contributed by atoms with E-state index in [0.717, 1.165) is 18.2 Å². The number of carbonyl (C=O) groups excluding carboxylic acids is 1. The third-order valence-corrected chi connectivity index (χ3v) is 3.52. The number of hydrogen-bond acceptors (Lipinski definition) is 4. The Bertz CT molecular complexity index is 767. The van der Waals surface area contributed by atoms with Crippen LogP contribution in [0.5, 0.6) is 11.5 Å². The van der Waals surface area contributed by atoms with Crippen molar-refractivity contribution in [1.82, 2.24) is 0 Å². The van der Waals surface area contributed by atoms with Gasteiger partial charge in [-0.25, -0.2) is 8.78 Å². The van der Waals surface area contributed by atoms with Crippen LogP contribution in [0.25, 0.3) is 0 Å². The van der Waals surface area contributed by atoms with Gasteiger partial charge in [-0.1, -0.05) is 6.07 Å². The molecular weight excluding hydrogens is 318 g/mol. The highest BCUT2D eigenvalue weighted by Gasteiger charge is 2.20. The van der Waals surface area contributed by atoms with Crippen molar-refractivity contribution in [1.29, 1.82) is 0 Å². The van der Waals surface area contributed by atoms with E-state index < -0.39 is 23.6 Å². The van der Waals surface area contributed by atoms with Crippen LogP contribution in [0, 0.1) is 11.6 Å². The van der Waals surface area contributed by atoms with Gasteiger partial charge in [-0.3, -0.25) is 4.79 Å². The molecule has 0 unspecified atom stereocenters. The number of nitrogens with one attached hydrogen (secondary N) is 2. The van der Waals surface area contributed by atoms with E-state index in [1.165, 1.54) is 0 Å². The summed E-state index contributed by atoms with van der Waals surface area (Å²) in [6, 6.07) is 7.47. The molecule has 2 N–H and O–H groups in total. The lowest BCUT2D eigenvalue weighted by molar-refractivity contribution is -0.116. The molecule has 1 aliphatic rings. The molecule has 0 aromatic heterocycles. The molecule has 24 heavy (non-hydrogen) atoms. The molecule has 5 nitrogen and oxygen atoms in total. The summed E-state index contributed by atoms with van der Waals surface area (Å²) in [5.74, 6) is -0.718. The van der Waals surface area contributed by atoms with Gasteiger partial charge in [0.15, 0.2) is 11.5 Å². The zero-order valence-corrected chi connectivity index (χ0v) is 12.9. The summed E-state index contributed by atoms with van der Waals surface area (Å²) in [6.45, 7) is 2.49. The van der Waals surface area contributed by atoms with Crippen molar-refractivity contribution in [2.75, 3.05) is 23.8 Å². The molecule has 2 aromatic carbocycles. The Morgan fingerprint density at radius 3 is 2.75 bits per heavy atom. The van der Waals surface area contributed by atoms with E-state index in [2.05, 4.69) is 10.6 Å². The van der Waals surface area contributed by atoms with Gasteiger partial charge in [-0.05, 0) is 31.2 Å². The summed E-state index contributed by atoms with van der Waals surface area (Å²) < 4.78 is 37.8. The van der Waals surface area contributed by atoms with Gasteiger partial charge in [0.05, 0.1) is 11.4 Å². The van der Waals surface area contributed by atoms with Crippen molar-refractivity contribution in [3.05, 3.63) is 48.0 Å². The molecule has 1 aliphatic heterocycles. The molecule has 0 spiro atoms. The predicted octanol–water partition coefficient (Wildman–Crippen LogP) is 3.18. The van der Waals surface area contributed by atoms with E-state index in [4.69, 9.17) is 9.47 Å². The fourth-order valence-corrected chi connectivity index (χ4v) is 2.32. The number of carbonyl (C=O) groups is 1. The van der Waals surface area contributed by atoms with Gasteiger partial charge in [0.25, 0.3) is 0 Å². The Labute approximate surface area is 137 Å². The van der Waals surface area contributed by atoms with Crippen LogP contribution in [0.4, 0.5) is 20.2 Å². The SMILES string of the molecule is C[C@H](Nc1cccc2c1OCCO2)C(=O)Nc1cc(F)ccc1F. The number of amides is 1. The fourth-order valence-electron chi connectivity index (χ4n) is 2.32. The topological polar surface area (TPSA) is 59.6 Å². The van der Waals surface area contributed by atoms with Gasteiger partial charge in [0.2, 0.25) is 5.91 Å². The summed E-state index contributed by atoms with van der Waals surface area (Å²) in [7, 11) is 0. The van der Waals surface area contributed by atoms with E-state index in [0.29, 0.717) is 30.4 Å². The molecule has 2 aromatic rings. The van der Waals surface area contributed by atoms with Crippen molar-refractivity contribution in [3.8, 4) is 11.5 Å². The number of anilines is 2. The molecule has 7 heteroatoms. The van der Waals surface area contributed by atoms with Gasteiger partial charge in [-0.2, -0.15) is 0 Å². The zero-order valence-electron chi connectivity index (χ0n) is 12.9. The average molecular weight is 334 g/mol. The van der Waals surface area contributed by atoms with Crippen LogP contribution in [0.1, 0.15) is 6.92 Å². The van der Waals surface area contributed by atoms with Crippen LogP contribution in [0.2, 0.25) is 0 Å². The molecule has 0 aliphatic carbocycles. The second-order valence-electron chi connectivity index (χ2n) is 5.31. The maximum atomic E-state index is 13.6. The largest absolute Gasteiger partial charge is 0.486 e. The van der Waals surface area contributed by atoms with E-state index in [9.17, 15) is 13.6 Å². The first-order chi connectivity index (χ1) is 11.5. The van der Waals surface area contributed by atoms with Gasteiger partial charge >= 0.3 is 0 Å². The maximum absolute atomic E-state index is 13.6. The molecule has 0 radical (unpaired) electrons. The Balaban J connectivity index is 1.72. The monoisotopic (exact) mass is 334 g/mol. The van der Waals surface area contributed by atoms with Crippen LogP contribution in [0.15, 0.2) is 36.4 Å². The first kappa shape index (κ1) is 16.0. The normalized spacial score (nSPS) is 14.0. The molecule has 0 saturated heterocycles. The summed E-state index contributed by atoms with van der Waals surface area (Å²) >= 11 is 0. The minimum Gasteiger partial charge on any atom is -0.486 e. The second-order valence-corrected chi connectivity index (χ2v) is 5.31. The summed E-state index contributed by atoms with van der Waals surface area (Å²) in [6.07, 6.45) is 0. The predicted molar refractivity (Wildman–Crippen MR) is 85.5 cm³/mol. The molecule has 0 fully saturated rings. The highest BCUT2D eigenvalue weighted by atomic mass is 19.1. The lowest BCUT2D eigenvalue weighted by atomic mass is 10.2. The first-order valence-electron chi connectivity index (χ1n) is 7.45. The summed E-state index contributed by atoms with van der Waals surface area (Å²) in [4.78, 5) is 12.2. The standard InChI is InChI=1S/C17H16F2N2O3/c1-10(17(22)21-14-9-11(18)5-6-12(14)19)20-13-3-2-4-15-16(13)24-8-7-23-15/h2-6,9-10,20H,7-8H2,1H3,(H,21,22)/t10-/m0/s1. The Hall–Kier alpha value is -2.83. The van der Waals surface area contributed by atoms with Crippen molar-refractivity contribution in [2.45, 2.75) is 13.0 Å². The number of hydrogen-bond donors (Lipinski definition) is 2. The molecule has 126 valence electrons. The Morgan fingerprint density at radius 1 is 1.12 bits per heavy atom. The molecule has 1 atom stereocenters. The Morgan fingerprint density at radius 2 is 1.92 bits per heavy atom. The number of halogens is 2. The molecule has 1 heterocycles. The highest BCUT2D eigenvalue weighted by molar-refractivity contribution is 5.96. The summed E-state index contributed by atoms with van der Waals surface area (Å²) in [5, 5.41) is 5.35. The molecule has 3 rings (SSSR count). The number of ether oxygens (including phenoxy) is 2. The van der Waals surface area contributed by atoms with Crippen LogP contribution in [0.3, 0.4) is 0 Å². The Kier molecular flexibility index (Phi) is 4.50. The zero-order chi connectivity index (χ0) is 17.1. The molecular formula is C17H16F2N2O3. The molecule has 0 saturated carbocycles. The smallest absolute Gasteiger partial charge is 0.246 e. The van der Waals surface area contributed by atoms with Crippen molar-refractivity contribution in [2.24, 2.45) is 0 Å². The van der Waals surface area contributed by atoms with E-state index >= 15 is 0 Å². The number of rotatable bonds is 4. The highest BCUT2D eigenvalue weighted by Crippen LogP contribution is 2.37. The van der Waals surface area contributed by atoms with Gasteiger partial charge in [0, 0.05) is 6.07 Å². The van der Waals surface area contributed by atoms with E-state index in [1.54, 1.807) is 25.1 Å². The lowest BCUT2D eigenvalue weighted by Gasteiger charge is -2.23. The van der Waals surface area contributed by atoms with Crippen LogP contribution in [-0.4, -0.2) is 25.2 Å². The molecule has 0 bridgehead atoms. The minimum absolute atomic E-state index is 0.205. The van der Waals surface area contributed by atoms with Gasteiger partial charge < -0.3 is 20.1 Å². The summed E-state index contributed by atoms with van der Waals surface area (Å²) in [5.41, 5.74) is 0.387. The van der Waals surface area contributed by atoms with E-state index in [1.807, 2.05) is 0 Å². The number of para-hydroxylation sites is 1. The maximum Gasteiger partial charge on any atom is 0.246 e. The van der Waals surface area contributed by atoms with Crippen molar-refractivity contribution < 1.29 is 23.0 Å². The quantitative estimate of drug-likeness (QED) is 0.902. The number of benzene rings is 2. The van der Waals surface area contributed by atoms with Gasteiger partial charge in [-0.15, -0.1) is 0 Å². The molecule has 1 amide bonds. The first-order valence-corrected chi connectivity index (χ1v) is 7.45. The van der Waals surface area contributed by atoms with Crippen LogP contribution >= 0.6 is 0 Å². The van der Waals surface area contributed by atoms with E-state index in [-0.39, 0.29) is 5.69 Å². The second kappa shape index (κ2) is 6.74. The fraction of sp³-hybridized carbons (Fsp3) is 0.235. The van der Waals surface area contributed by atoms with Gasteiger partial charge in [0.1, 0.15) is 30.9 Å². The van der Waals surface area contributed by atoms with Crippen molar-refractivity contribution in [3.63, 3.8) is 0 Å². The average Bonchev–Trinajstić information content (AvgIpc) is 2.58. The third-order valence-electron chi connectivity index (χ3n) is 3.52. The van der Waals surface area contributed by atoms with Crippen LogP contribution in [-0.2, 0) is 4.79 Å². The van der Waals surface area contributed by atoms with Crippen LogP contribution < -0.4 is 20.1 Å². The third kappa shape index (κ3) is 3.40. The lowest BCUT2D eigenvalue weighted by Crippen LogP contribution is -2.32.